The van der Waals surface area contributed by atoms with Crippen molar-refractivity contribution in [3.05, 3.63) is 0 Å². The van der Waals surface area contributed by atoms with Gasteiger partial charge in [-0.1, -0.05) is 20.8 Å². The van der Waals surface area contributed by atoms with Crippen molar-refractivity contribution in [1.82, 2.24) is 15.5 Å². The van der Waals surface area contributed by atoms with Crippen molar-refractivity contribution in [2.24, 2.45) is 5.92 Å². The molecule has 0 saturated carbocycles. The van der Waals surface area contributed by atoms with Crippen LogP contribution in [0.5, 0.6) is 0 Å². The number of piperidine rings is 1. The van der Waals surface area contributed by atoms with E-state index in [2.05, 4.69) is 17.6 Å². The maximum Gasteiger partial charge on any atom is 0.242 e. The summed E-state index contributed by atoms with van der Waals surface area (Å²) in [5.41, 5.74) is -0.325. The average Bonchev–Trinajstić information content (AvgIpc) is 2.97. The third kappa shape index (κ3) is 4.13. The Hall–Kier alpha value is -0.810. The van der Waals surface area contributed by atoms with Crippen LogP contribution in [0.2, 0.25) is 0 Å². The van der Waals surface area contributed by atoms with Gasteiger partial charge in [-0.3, -0.25) is 9.59 Å². The van der Waals surface area contributed by atoms with Gasteiger partial charge < -0.3 is 15.5 Å². The number of likely N-dealkylation sites (tertiary alicyclic amines) is 1. The van der Waals surface area contributed by atoms with Crippen LogP contribution in [0.4, 0.5) is 0 Å². The first-order valence-corrected chi connectivity index (χ1v) is 8.33. The maximum absolute atomic E-state index is 12.8. The quantitative estimate of drug-likeness (QED) is 0.824. The van der Waals surface area contributed by atoms with E-state index in [1.807, 2.05) is 18.7 Å². The minimum atomic E-state index is -0.325. The molecule has 5 nitrogen and oxygen atoms in total. The smallest absolute Gasteiger partial charge is 0.242 e. The molecule has 22 heavy (non-hydrogen) atoms. The van der Waals surface area contributed by atoms with E-state index in [-0.39, 0.29) is 41.7 Å². The molecule has 2 aliphatic heterocycles. The summed E-state index contributed by atoms with van der Waals surface area (Å²) in [5, 5.41) is 6.49. The molecule has 0 bridgehead atoms. The van der Waals surface area contributed by atoms with E-state index in [4.69, 9.17) is 0 Å². The topological polar surface area (TPSA) is 61.4 Å². The number of hydrogen-bond acceptors (Lipinski definition) is 3. The van der Waals surface area contributed by atoms with E-state index in [1.165, 1.54) is 0 Å². The van der Waals surface area contributed by atoms with Crippen LogP contribution >= 0.6 is 12.4 Å². The predicted octanol–water partition coefficient (Wildman–Crippen LogP) is 1.70. The molecule has 0 spiro atoms. The molecule has 6 heteroatoms. The van der Waals surface area contributed by atoms with Crippen LogP contribution in [0.25, 0.3) is 0 Å². The Bertz CT molecular complexity index is 387. The molecule has 2 aliphatic rings. The van der Waals surface area contributed by atoms with Gasteiger partial charge in [-0.2, -0.15) is 0 Å². The van der Waals surface area contributed by atoms with E-state index in [0.29, 0.717) is 0 Å². The second-order valence-electron chi connectivity index (χ2n) is 6.70. The lowest BCUT2D eigenvalue weighted by Crippen LogP contribution is -2.57. The fraction of sp³-hybridized carbons (Fsp3) is 0.875. The summed E-state index contributed by atoms with van der Waals surface area (Å²) in [6, 6.07) is 0.220. The van der Waals surface area contributed by atoms with E-state index in [9.17, 15) is 9.59 Å². The minimum Gasteiger partial charge on any atom is -0.353 e. The fourth-order valence-electron chi connectivity index (χ4n) is 3.34. The van der Waals surface area contributed by atoms with Gasteiger partial charge in [0, 0.05) is 25.0 Å². The summed E-state index contributed by atoms with van der Waals surface area (Å²) < 4.78 is 0. The minimum absolute atomic E-state index is 0. The van der Waals surface area contributed by atoms with Crippen molar-refractivity contribution < 1.29 is 9.59 Å². The van der Waals surface area contributed by atoms with Gasteiger partial charge in [0.05, 0.1) is 5.54 Å². The predicted molar refractivity (Wildman–Crippen MR) is 90.1 cm³/mol. The molecule has 128 valence electrons. The SMILES string of the molecule is CCC1(C(=O)N2CCC(NC(=O)C(C)C)CC2)CCCN1.Cl. The Kier molecular flexibility index (Phi) is 7.13. The normalized spacial score (nSPS) is 25.9. The lowest BCUT2D eigenvalue weighted by atomic mass is 9.91. The molecular weight excluding hydrogens is 302 g/mol. The van der Waals surface area contributed by atoms with Crippen LogP contribution in [0.15, 0.2) is 0 Å². The van der Waals surface area contributed by atoms with Gasteiger partial charge in [0.2, 0.25) is 11.8 Å². The van der Waals surface area contributed by atoms with E-state index >= 15 is 0 Å². The van der Waals surface area contributed by atoms with Gasteiger partial charge >= 0.3 is 0 Å². The highest BCUT2D eigenvalue weighted by Crippen LogP contribution is 2.27. The molecule has 0 aromatic carbocycles. The molecule has 0 aliphatic carbocycles. The summed E-state index contributed by atoms with van der Waals surface area (Å²) in [6.45, 7) is 8.36. The number of nitrogens with one attached hydrogen (secondary N) is 2. The van der Waals surface area contributed by atoms with Crippen molar-refractivity contribution in [2.45, 2.75) is 64.5 Å². The average molecular weight is 332 g/mol. The lowest BCUT2D eigenvalue weighted by molar-refractivity contribution is -0.139. The molecule has 0 aromatic rings. The van der Waals surface area contributed by atoms with Gasteiger partial charge in [-0.05, 0) is 38.6 Å². The highest BCUT2D eigenvalue weighted by Gasteiger charge is 2.42. The van der Waals surface area contributed by atoms with Gasteiger partial charge in [-0.25, -0.2) is 0 Å². The van der Waals surface area contributed by atoms with Crippen LogP contribution in [-0.4, -0.2) is 47.9 Å². The Labute approximate surface area is 140 Å². The van der Waals surface area contributed by atoms with Gasteiger partial charge in [0.15, 0.2) is 0 Å². The molecule has 2 N–H and O–H groups in total. The second kappa shape index (κ2) is 8.16. The first-order valence-electron chi connectivity index (χ1n) is 8.33. The Balaban J connectivity index is 0.00000242. The highest BCUT2D eigenvalue weighted by atomic mass is 35.5. The number of amides is 2. The molecular formula is C16H30ClN3O2. The van der Waals surface area contributed by atoms with E-state index in [0.717, 1.165) is 51.7 Å². The van der Waals surface area contributed by atoms with Crippen LogP contribution in [0, 0.1) is 5.92 Å². The van der Waals surface area contributed by atoms with Crippen molar-refractivity contribution >= 4 is 24.2 Å². The largest absolute Gasteiger partial charge is 0.353 e. The maximum atomic E-state index is 12.8. The zero-order valence-corrected chi connectivity index (χ0v) is 14.8. The molecule has 2 amide bonds. The van der Waals surface area contributed by atoms with Crippen LogP contribution in [0.3, 0.4) is 0 Å². The Morgan fingerprint density at radius 2 is 1.95 bits per heavy atom. The highest BCUT2D eigenvalue weighted by molar-refractivity contribution is 5.87. The molecule has 2 fully saturated rings. The summed E-state index contributed by atoms with van der Waals surface area (Å²) in [6.07, 6.45) is 4.62. The van der Waals surface area contributed by atoms with Crippen molar-refractivity contribution in [3.8, 4) is 0 Å². The third-order valence-corrected chi connectivity index (χ3v) is 4.91. The standard InChI is InChI=1S/C16H29N3O2.ClH/c1-4-16(8-5-9-17-16)15(21)19-10-6-13(7-11-19)18-14(20)12(2)3;/h12-13,17H,4-11H2,1-3H3,(H,18,20);1H. The molecule has 1 atom stereocenters. The molecule has 2 heterocycles. The van der Waals surface area contributed by atoms with Gasteiger partial charge in [0.1, 0.15) is 0 Å². The number of nitrogens with zero attached hydrogens (tertiary/aromatic N) is 1. The monoisotopic (exact) mass is 331 g/mol. The Morgan fingerprint density at radius 3 is 2.41 bits per heavy atom. The summed E-state index contributed by atoms with van der Waals surface area (Å²) in [7, 11) is 0. The summed E-state index contributed by atoms with van der Waals surface area (Å²) >= 11 is 0. The Morgan fingerprint density at radius 1 is 1.32 bits per heavy atom. The molecule has 1 unspecified atom stereocenters. The zero-order chi connectivity index (χ0) is 15.5. The molecule has 2 saturated heterocycles. The first-order chi connectivity index (χ1) is 9.98. The zero-order valence-electron chi connectivity index (χ0n) is 14.0. The van der Waals surface area contributed by atoms with Gasteiger partial charge in [0.25, 0.3) is 0 Å². The van der Waals surface area contributed by atoms with E-state index in [1.54, 1.807) is 0 Å². The second-order valence-corrected chi connectivity index (χ2v) is 6.70. The first kappa shape index (κ1) is 19.2. The van der Waals surface area contributed by atoms with Crippen molar-refractivity contribution in [1.29, 1.82) is 0 Å². The van der Waals surface area contributed by atoms with Crippen molar-refractivity contribution in [3.63, 3.8) is 0 Å². The van der Waals surface area contributed by atoms with Crippen LogP contribution < -0.4 is 10.6 Å². The number of hydrogen-bond donors (Lipinski definition) is 2. The van der Waals surface area contributed by atoms with Crippen LogP contribution in [0.1, 0.15) is 52.9 Å². The number of carbonyl (C=O) groups excluding carboxylic acids is 2. The van der Waals surface area contributed by atoms with Crippen molar-refractivity contribution in [2.75, 3.05) is 19.6 Å². The van der Waals surface area contributed by atoms with Gasteiger partial charge in [-0.15, -0.1) is 12.4 Å². The number of halogens is 1. The summed E-state index contributed by atoms with van der Waals surface area (Å²) in [4.78, 5) is 26.5. The third-order valence-electron chi connectivity index (χ3n) is 4.91. The fourth-order valence-corrected chi connectivity index (χ4v) is 3.34. The number of rotatable bonds is 4. The number of carbonyl (C=O) groups is 2. The van der Waals surface area contributed by atoms with Crippen LogP contribution in [-0.2, 0) is 9.59 Å². The van der Waals surface area contributed by atoms with E-state index < -0.39 is 0 Å². The lowest BCUT2D eigenvalue weighted by Gasteiger charge is -2.38. The molecule has 2 rings (SSSR count). The molecule has 0 aromatic heterocycles. The molecule has 0 radical (unpaired) electrons. The summed E-state index contributed by atoms with van der Waals surface area (Å²) in [5.74, 6) is 0.397.